The van der Waals surface area contributed by atoms with Crippen molar-refractivity contribution in [3.8, 4) is 28.6 Å². The number of nitrogens with one attached hydrogen (secondary N) is 1. The van der Waals surface area contributed by atoms with Crippen molar-refractivity contribution < 1.29 is 32.2 Å². The van der Waals surface area contributed by atoms with Crippen LogP contribution in [0.4, 0.5) is 23.7 Å². The zero-order chi connectivity index (χ0) is 34.4. The number of rotatable bonds is 11. The van der Waals surface area contributed by atoms with E-state index < -0.39 is 12.4 Å². The van der Waals surface area contributed by atoms with Gasteiger partial charge in [0.1, 0.15) is 17.8 Å². The van der Waals surface area contributed by atoms with Gasteiger partial charge in [-0.15, -0.1) is 18.3 Å². The molecule has 1 aliphatic rings. The van der Waals surface area contributed by atoms with E-state index in [0.29, 0.717) is 34.7 Å². The number of alkyl halides is 3. The van der Waals surface area contributed by atoms with Crippen LogP contribution in [0.5, 0.6) is 11.5 Å². The Hall–Kier alpha value is -4.85. The van der Waals surface area contributed by atoms with E-state index in [1.54, 1.807) is 13.2 Å². The minimum atomic E-state index is -4.75. The van der Waals surface area contributed by atoms with Crippen molar-refractivity contribution in [1.82, 2.24) is 20.1 Å². The van der Waals surface area contributed by atoms with Crippen molar-refractivity contribution >= 4 is 34.6 Å². The number of aliphatic imine (C=N–C) groups is 1. The molecule has 1 aliphatic heterocycles. The van der Waals surface area contributed by atoms with Crippen LogP contribution in [0, 0.1) is 0 Å². The first-order valence-electron chi connectivity index (χ1n) is 15.3. The third-order valence-corrected chi connectivity index (χ3v) is 8.64. The van der Waals surface area contributed by atoms with Crippen LogP contribution in [0.3, 0.4) is 0 Å². The zero-order valence-electron chi connectivity index (χ0n) is 26.8. The number of thioether (sulfide) groups is 1. The lowest BCUT2D eigenvalue weighted by atomic mass is 9.95. The van der Waals surface area contributed by atoms with Gasteiger partial charge in [-0.2, -0.15) is 4.99 Å². The monoisotopic (exact) mass is 680 g/mol. The van der Waals surface area contributed by atoms with E-state index in [-0.39, 0.29) is 29.2 Å². The summed E-state index contributed by atoms with van der Waals surface area (Å²) in [4.78, 5) is 35.6. The maximum absolute atomic E-state index is 12.8. The summed E-state index contributed by atoms with van der Waals surface area (Å²) < 4.78 is 48.0. The molecule has 4 aromatic rings. The predicted octanol–water partition coefficient (Wildman–Crippen LogP) is 7.69. The third-order valence-electron chi connectivity index (χ3n) is 7.71. The van der Waals surface area contributed by atoms with Gasteiger partial charge in [0.25, 0.3) is 0 Å². The van der Waals surface area contributed by atoms with Gasteiger partial charge < -0.3 is 14.8 Å². The summed E-state index contributed by atoms with van der Waals surface area (Å²) in [6.07, 6.45) is -1.72. The highest BCUT2D eigenvalue weighted by atomic mass is 32.2. The number of aromatic nitrogens is 3. The summed E-state index contributed by atoms with van der Waals surface area (Å²) >= 11 is 1.24. The fraction of sp³-hybridized carbons (Fsp3) is 0.324. The van der Waals surface area contributed by atoms with E-state index in [0.717, 1.165) is 29.5 Å². The molecule has 2 heterocycles. The lowest BCUT2D eigenvalue weighted by Gasteiger charge is -2.22. The average molecular weight is 681 g/mol. The summed E-state index contributed by atoms with van der Waals surface area (Å²) in [5.74, 6) is 1.28. The molecule has 252 valence electrons. The van der Waals surface area contributed by atoms with Crippen LogP contribution in [0.15, 0.2) is 78.0 Å². The van der Waals surface area contributed by atoms with Gasteiger partial charge >= 0.3 is 12.4 Å². The Kier molecular flexibility index (Phi) is 10.7. The van der Waals surface area contributed by atoms with Crippen molar-refractivity contribution in [2.45, 2.75) is 51.8 Å². The molecule has 3 amide bonds. The molecular weight excluding hydrogens is 645 g/mol. The van der Waals surface area contributed by atoms with Crippen molar-refractivity contribution in [1.29, 1.82) is 0 Å². The molecule has 1 saturated heterocycles. The molecule has 0 spiro atoms. The maximum atomic E-state index is 12.8. The number of anilines is 1. The summed E-state index contributed by atoms with van der Waals surface area (Å²) in [6, 6.07) is 18.2. The van der Waals surface area contributed by atoms with Crippen LogP contribution in [0.2, 0.25) is 0 Å². The fourth-order valence-electron chi connectivity index (χ4n) is 5.19. The Morgan fingerprint density at radius 2 is 1.75 bits per heavy atom. The van der Waals surface area contributed by atoms with E-state index >= 15 is 0 Å². The highest BCUT2D eigenvalue weighted by Gasteiger charge is 2.33. The van der Waals surface area contributed by atoms with Crippen molar-refractivity contribution in [2.24, 2.45) is 4.99 Å². The van der Waals surface area contributed by atoms with Crippen LogP contribution in [0.25, 0.3) is 17.1 Å². The number of hydrogen-bond acceptors (Lipinski definition) is 7. The number of methoxy groups -OCH3 is 1. The molecule has 0 radical (unpaired) electrons. The standard InChI is InChI=1S/C34H35F3N6O4S/c1-21(2)28-18-27(46-4)15-16-29(28)43-30(44)19-48-33(43)40-32(45)38-17-5-6-22(3)23-7-9-24(10-8-23)31-39-20-42(41-31)25-11-13-26(14-12-25)47-34(35,36)37/h7-16,18,20-22H,5-6,17,19H2,1-4H3,(H,38,45)/b40-33-. The Labute approximate surface area is 280 Å². The van der Waals surface area contributed by atoms with Crippen LogP contribution < -0.4 is 19.7 Å². The SMILES string of the molecule is COc1ccc(N2C(=O)CS/C2=N\C(=O)NCCCC(C)c2ccc(-c3ncn(-c4ccc(OC(F)(F)F)cc4)n3)cc2)c(C(C)C)c1. The Morgan fingerprint density at radius 1 is 1.04 bits per heavy atom. The van der Waals surface area contributed by atoms with Crippen molar-refractivity contribution in [3.63, 3.8) is 0 Å². The van der Waals surface area contributed by atoms with Crippen LogP contribution in [0.1, 0.15) is 56.6 Å². The second kappa shape index (κ2) is 14.9. The lowest BCUT2D eigenvalue weighted by molar-refractivity contribution is -0.274. The molecule has 14 heteroatoms. The van der Waals surface area contributed by atoms with Crippen molar-refractivity contribution in [2.75, 3.05) is 24.3 Å². The second-order valence-electron chi connectivity index (χ2n) is 11.4. The molecule has 1 fully saturated rings. The largest absolute Gasteiger partial charge is 0.573 e. The van der Waals surface area contributed by atoms with E-state index in [1.165, 1.54) is 51.9 Å². The normalized spacial score (nSPS) is 14.9. The van der Waals surface area contributed by atoms with Crippen molar-refractivity contribution in [3.05, 3.63) is 84.2 Å². The molecule has 10 nitrogen and oxygen atoms in total. The molecule has 0 saturated carbocycles. The maximum Gasteiger partial charge on any atom is 0.573 e. The van der Waals surface area contributed by atoms with Gasteiger partial charge in [-0.1, -0.05) is 56.8 Å². The molecule has 3 aromatic carbocycles. The smallest absolute Gasteiger partial charge is 0.497 e. The van der Waals surface area contributed by atoms with Crippen LogP contribution >= 0.6 is 11.8 Å². The highest BCUT2D eigenvalue weighted by molar-refractivity contribution is 8.15. The molecule has 5 rings (SSSR count). The van der Waals surface area contributed by atoms with Gasteiger partial charge in [0, 0.05) is 12.1 Å². The lowest BCUT2D eigenvalue weighted by Crippen LogP contribution is -2.32. The van der Waals surface area contributed by atoms with E-state index in [1.807, 2.05) is 50.2 Å². The highest BCUT2D eigenvalue weighted by Crippen LogP contribution is 2.36. The number of amidine groups is 1. The number of carbonyl (C=O) groups excluding carboxylic acids is 2. The number of ether oxygens (including phenoxy) is 2. The minimum absolute atomic E-state index is 0.126. The Morgan fingerprint density at radius 3 is 2.42 bits per heavy atom. The number of urea groups is 1. The van der Waals surface area contributed by atoms with E-state index in [9.17, 15) is 22.8 Å². The van der Waals surface area contributed by atoms with Gasteiger partial charge in [0.05, 0.1) is 24.2 Å². The third kappa shape index (κ3) is 8.54. The van der Waals surface area contributed by atoms with Crippen LogP contribution in [-0.4, -0.2) is 57.6 Å². The number of amides is 3. The number of nitrogens with zero attached hydrogens (tertiary/aromatic N) is 5. The number of carbonyl (C=O) groups is 2. The quantitative estimate of drug-likeness (QED) is 0.162. The van der Waals surface area contributed by atoms with Crippen LogP contribution in [-0.2, 0) is 4.79 Å². The first kappa shape index (κ1) is 34.5. The van der Waals surface area contributed by atoms with E-state index in [2.05, 4.69) is 32.1 Å². The zero-order valence-corrected chi connectivity index (χ0v) is 27.6. The summed E-state index contributed by atoms with van der Waals surface area (Å²) in [5, 5.41) is 7.65. The minimum Gasteiger partial charge on any atom is -0.497 e. The molecule has 1 unspecified atom stereocenters. The van der Waals surface area contributed by atoms with Gasteiger partial charge in [0.2, 0.25) is 5.91 Å². The molecule has 0 aliphatic carbocycles. The van der Waals surface area contributed by atoms with E-state index in [4.69, 9.17) is 4.74 Å². The molecule has 0 bridgehead atoms. The first-order chi connectivity index (χ1) is 22.9. The van der Waals surface area contributed by atoms with Gasteiger partial charge in [-0.3, -0.25) is 9.69 Å². The topological polar surface area (TPSA) is 111 Å². The number of benzene rings is 3. The second-order valence-corrected chi connectivity index (χ2v) is 12.4. The summed E-state index contributed by atoms with van der Waals surface area (Å²) in [5.41, 5.74) is 4.07. The van der Waals surface area contributed by atoms with Gasteiger partial charge in [-0.25, -0.2) is 14.5 Å². The number of hydrogen-bond donors (Lipinski definition) is 1. The average Bonchev–Trinajstić information content (AvgIpc) is 3.69. The molecular formula is C34H35F3N6O4S. The van der Waals surface area contributed by atoms with Gasteiger partial charge in [0.15, 0.2) is 11.0 Å². The fourth-order valence-corrected chi connectivity index (χ4v) is 6.04. The van der Waals surface area contributed by atoms with Gasteiger partial charge in [-0.05, 0) is 78.3 Å². The summed E-state index contributed by atoms with van der Waals surface area (Å²) in [7, 11) is 1.59. The molecule has 1 atom stereocenters. The Balaban J connectivity index is 1.12. The predicted molar refractivity (Wildman–Crippen MR) is 179 cm³/mol. The Bertz CT molecular complexity index is 1770. The molecule has 1 aromatic heterocycles. The summed E-state index contributed by atoms with van der Waals surface area (Å²) in [6.45, 7) is 6.61. The number of halogens is 3. The first-order valence-corrected chi connectivity index (χ1v) is 16.3. The molecule has 48 heavy (non-hydrogen) atoms. The molecule has 1 N–H and O–H groups in total.